The minimum absolute atomic E-state index is 0.107. The SMILES string of the molecule is Cc1noc(C)c1C(C)CNC(=O)NC(CCCO)c1ccccc1. The average Bonchev–Trinajstić information content (AvgIpc) is 2.96. The van der Waals surface area contributed by atoms with Gasteiger partial charge >= 0.3 is 6.03 Å². The monoisotopic (exact) mass is 345 g/mol. The van der Waals surface area contributed by atoms with Crippen LogP contribution in [0.3, 0.4) is 0 Å². The number of hydrogen-bond donors (Lipinski definition) is 3. The number of amides is 2. The van der Waals surface area contributed by atoms with Crippen LogP contribution in [0.5, 0.6) is 0 Å². The molecule has 0 aliphatic carbocycles. The third kappa shape index (κ3) is 5.32. The lowest BCUT2D eigenvalue weighted by molar-refractivity contribution is 0.232. The molecule has 25 heavy (non-hydrogen) atoms. The van der Waals surface area contributed by atoms with Crippen molar-refractivity contribution in [2.24, 2.45) is 0 Å². The summed E-state index contributed by atoms with van der Waals surface area (Å²) in [5.74, 6) is 0.905. The van der Waals surface area contributed by atoms with Crippen LogP contribution in [-0.2, 0) is 0 Å². The van der Waals surface area contributed by atoms with Crippen LogP contribution in [0, 0.1) is 13.8 Å². The summed E-state index contributed by atoms with van der Waals surface area (Å²) >= 11 is 0. The van der Waals surface area contributed by atoms with E-state index in [1.165, 1.54) is 0 Å². The van der Waals surface area contributed by atoms with Gasteiger partial charge in [-0.1, -0.05) is 42.4 Å². The van der Waals surface area contributed by atoms with Gasteiger partial charge in [0.1, 0.15) is 5.76 Å². The van der Waals surface area contributed by atoms with Gasteiger partial charge in [0.2, 0.25) is 0 Å². The molecule has 0 saturated carbocycles. The van der Waals surface area contributed by atoms with E-state index in [-0.39, 0.29) is 24.6 Å². The number of rotatable bonds is 8. The fourth-order valence-electron chi connectivity index (χ4n) is 3.05. The summed E-state index contributed by atoms with van der Waals surface area (Å²) in [7, 11) is 0. The highest BCUT2D eigenvalue weighted by Gasteiger charge is 2.18. The highest BCUT2D eigenvalue weighted by atomic mass is 16.5. The second-order valence-corrected chi connectivity index (χ2v) is 6.32. The van der Waals surface area contributed by atoms with Crippen molar-refractivity contribution in [1.29, 1.82) is 0 Å². The maximum Gasteiger partial charge on any atom is 0.315 e. The fourth-order valence-corrected chi connectivity index (χ4v) is 3.05. The van der Waals surface area contributed by atoms with Gasteiger partial charge in [0, 0.05) is 24.6 Å². The summed E-state index contributed by atoms with van der Waals surface area (Å²) in [5.41, 5.74) is 2.93. The Morgan fingerprint density at radius 3 is 2.60 bits per heavy atom. The quantitative estimate of drug-likeness (QED) is 0.685. The van der Waals surface area contributed by atoms with E-state index >= 15 is 0 Å². The van der Waals surface area contributed by atoms with Crippen molar-refractivity contribution in [2.45, 2.75) is 45.6 Å². The molecule has 6 nitrogen and oxygen atoms in total. The van der Waals surface area contributed by atoms with Gasteiger partial charge in [-0.25, -0.2) is 4.79 Å². The number of nitrogens with zero attached hydrogens (tertiary/aromatic N) is 1. The van der Waals surface area contributed by atoms with Crippen LogP contribution in [0.4, 0.5) is 4.79 Å². The topological polar surface area (TPSA) is 87.4 Å². The van der Waals surface area contributed by atoms with Crippen molar-refractivity contribution in [3.8, 4) is 0 Å². The van der Waals surface area contributed by atoms with Crippen LogP contribution in [0.2, 0.25) is 0 Å². The Morgan fingerprint density at radius 2 is 2.00 bits per heavy atom. The Kier molecular flexibility index (Phi) is 7.01. The smallest absolute Gasteiger partial charge is 0.315 e. The van der Waals surface area contributed by atoms with E-state index in [1.807, 2.05) is 51.1 Å². The molecule has 0 spiro atoms. The molecule has 2 aromatic rings. The van der Waals surface area contributed by atoms with Crippen molar-refractivity contribution in [1.82, 2.24) is 15.8 Å². The zero-order valence-corrected chi connectivity index (χ0v) is 15.1. The Hall–Kier alpha value is -2.34. The summed E-state index contributed by atoms with van der Waals surface area (Å²) in [5, 5.41) is 19.0. The van der Waals surface area contributed by atoms with Crippen LogP contribution in [0.1, 0.15) is 54.3 Å². The lowest BCUT2D eigenvalue weighted by Gasteiger charge is -2.20. The predicted octanol–water partition coefficient (Wildman–Crippen LogP) is 3.21. The fraction of sp³-hybridized carbons (Fsp3) is 0.474. The van der Waals surface area contributed by atoms with Crippen LogP contribution in [0.25, 0.3) is 0 Å². The molecule has 2 atom stereocenters. The predicted molar refractivity (Wildman–Crippen MR) is 96.4 cm³/mol. The Bertz CT molecular complexity index is 650. The normalized spacial score (nSPS) is 13.3. The molecule has 0 radical (unpaired) electrons. The number of urea groups is 1. The Labute approximate surface area is 148 Å². The van der Waals surface area contributed by atoms with E-state index in [9.17, 15) is 4.79 Å². The average molecular weight is 345 g/mol. The summed E-state index contributed by atoms with van der Waals surface area (Å²) in [6, 6.07) is 9.45. The molecule has 1 aromatic carbocycles. The van der Waals surface area contributed by atoms with Gasteiger partial charge in [-0.15, -0.1) is 0 Å². The maximum atomic E-state index is 12.3. The Balaban J connectivity index is 1.92. The summed E-state index contributed by atoms with van der Waals surface area (Å²) in [6.07, 6.45) is 1.32. The first-order valence-electron chi connectivity index (χ1n) is 8.65. The van der Waals surface area contributed by atoms with Crippen LogP contribution < -0.4 is 10.6 Å². The molecule has 1 heterocycles. The van der Waals surface area contributed by atoms with Gasteiger partial charge < -0.3 is 20.3 Å². The largest absolute Gasteiger partial charge is 0.396 e. The molecular formula is C19H27N3O3. The molecule has 0 fully saturated rings. The van der Waals surface area contributed by atoms with Crippen molar-refractivity contribution in [3.05, 3.63) is 52.9 Å². The Morgan fingerprint density at radius 1 is 1.28 bits per heavy atom. The molecular weight excluding hydrogens is 318 g/mol. The zero-order valence-electron chi connectivity index (χ0n) is 15.1. The van der Waals surface area contributed by atoms with Crippen molar-refractivity contribution in [2.75, 3.05) is 13.2 Å². The van der Waals surface area contributed by atoms with Crippen molar-refractivity contribution >= 4 is 6.03 Å². The number of hydrogen-bond acceptors (Lipinski definition) is 4. The number of carbonyl (C=O) groups excluding carboxylic acids is 1. The summed E-state index contributed by atoms with van der Waals surface area (Å²) in [4.78, 5) is 12.3. The lowest BCUT2D eigenvalue weighted by Crippen LogP contribution is -2.39. The third-order valence-corrected chi connectivity index (χ3v) is 4.31. The minimum Gasteiger partial charge on any atom is -0.396 e. The number of aryl methyl sites for hydroxylation is 2. The zero-order chi connectivity index (χ0) is 18.2. The van der Waals surface area contributed by atoms with E-state index in [0.29, 0.717) is 19.4 Å². The molecule has 136 valence electrons. The van der Waals surface area contributed by atoms with E-state index in [4.69, 9.17) is 9.63 Å². The number of carbonyl (C=O) groups is 1. The molecule has 1 aromatic heterocycles. The van der Waals surface area contributed by atoms with Gasteiger partial charge in [-0.3, -0.25) is 0 Å². The summed E-state index contributed by atoms with van der Waals surface area (Å²) in [6.45, 7) is 6.42. The molecule has 2 amide bonds. The molecule has 2 unspecified atom stereocenters. The number of benzene rings is 1. The van der Waals surface area contributed by atoms with Crippen molar-refractivity contribution < 1.29 is 14.4 Å². The number of aliphatic hydroxyl groups excluding tert-OH is 1. The standard InChI is InChI=1S/C19H27N3O3/c1-13(18-14(2)22-25-15(18)3)12-20-19(24)21-17(10-7-11-23)16-8-5-4-6-9-16/h4-6,8-9,13,17,23H,7,10-12H2,1-3H3,(H2,20,21,24). The summed E-state index contributed by atoms with van der Waals surface area (Å²) < 4.78 is 5.19. The molecule has 0 saturated heterocycles. The van der Waals surface area contributed by atoms with Crippen LogP contribution in [0.15, 0.2) is 34.9 Å². The van der Waals surface area contributed by atoms with Gasteiger partial charge in [-0.05, 0) is 32.3 Å². The number of nitrogens with one attached hydrogen (secondary N) is 2. The van der Waals surface area contributed by atoms with E-state index in [1.54, 1.807) is 0 Å². The number of aromatic nitrogens is 1. The van der Waals surface area contributed by atoms with E-state index < -0.39 is 0 Å². The second-order valence-electron chi connectivity index (χ2n) is 6.32. The van der Waals surface area contributed by atoms with Crippen LogP contribution in [-0.4, -0.2) is 29.4 Å². The first-order chi connectivity index (χ1) is 12.0. The molecule has 2 rings (SSSR count). The van der Waals surface area contributed by atoms with Gasteiger partial charge in [-0.2, -0.15) is 0 Å². The van der Waals surface area contributed by atoms with Crippen LogP contribution >= 0.6 is 0 Å². The van der Waals surface area contributed by atoms with Gasteiger partial charge in [0.25, 0.3) is 0 Å². The molecule has 0 bridgehead atoms. The van der Waals surface area contributed by atoms with E-state index in [2.05, 4.69) is 15.8 Å². The third-order valence-electron chi connectivity index (χ3n) is 4.31. The molecule has 3 N–H and O–H groups in total. The first kappa shape index (κ1) is 19.0. The van der Waals surface area contributed by atoms with Crippen molar-refractivity contribution in [3.63, 3.8) is 0 Å². The number of aliphatic hydroxyl groups is 1. The van der Waals surface area contributed by atoms with Gasteiger partial charge in [0.05, 0.1) is 11.7 Å². The highest BCUT2D eigenvalue weighted by molar-refractivity contribution is 5.74. The van der Waals surface area contributed by atoms with Gasteiger partial charge in [0.15, 0.2) is 0 Å². The minimum atomic E-state index is -0.217. The highest BCUT2D eigenvalue weighted by Crippen LogP contribution is 2.22. The molecule has 6 heteroatoms. The molecule has 0 aliphatic heterocycles. The van der Waals surface area contributed by atoms with E-state index in [0.717, 1.165) is 22.6 Å². The first-order valence-corrected chi connectivity index (χ1v) is 8.65. The maximum absolute atomic E-state index is 12.3. The molecule has 0 aliphatic rings. The lowest BCUT2D eigenvalue weighted by atomic mass is 9.99. The second kappa shape index (κ2) is 9.22.